The molecule has 1 aliphatic heterocycles. The van der Waals surface area contributed by atoms with E-state index in [-0.39, 0.29) is 23.3 Å². The quantitative estimate of drug-likeness (QED) is 0.671. The van der Waals surface area contributed by atoms with E-state index in [1.54, 1.807) is 4.68 Å². The van der Waals surface area contributed by atoms with Crippen molar-refractivity contribution in [2.24, 2.45) is 0 Å². The standard InChI is InChI=1S/C23H25N3O3S/c1-4-18(17-8-6-5-7-9-17)23(27)24-22-19-13-30(28,29)14-20(19)25-26(22)21-11-10-15(2)12-16(21)3/h5-12,18H,4,13-14H2,1-3H3,(H,24,27)/t18-/m1/s1. The molecule has 6 nitrogen and oxygen atoms in total. The van der Waals surface area contributed by atoms with Gasteiger partial charge in [-0.05, 0) is 37.5 Å². The molecule has 156 valence electrons. The van der Waals surface area contributed by atoms with E-state index in [1.165, 1.54) is 0 Å². The van der Waals surface area contributed by atoms with Crippen LogP contribution in [0, 0.1) is 13.8 Å². The van der Waals surface area contributed by atoms with E-state index in [0.717, 1.165) is 22.4 Å². The van der Waals surface area contributed by atoms with Crippen LogP contribution in [0.1, 0.15) is 47.2 Å². The largest absolute Gasteiger partial charge is 0.310 e. The third-order valence-electron chi connectivity index (χ3n) is 5.54. The van der Waals surface area contributed by atoms with Gasteiger partial charge in [0, 0.05) is 5.56 Å². The van der Waals surface area contributed by atoms with Crippen LogP contribution in [0.2, 0.25) is 0 Å². The molecule has 4 rings (SSSR count). The predicted molar refractivity (Wildman–Crippen MR) is 117 cm³/mol. The molecule has 0 bridgehead atoms. The fraction of sp³-hybridized carbons (Fsp3) is 0.304. The van der Waals surface area contributed by atoms with E-state index in [0.29, 0.717) is 23.5 Å². The number of nitrogens with zero attached hydrogens (tertiary/aromatic N) is 2. The van der Waals surface area contributed by atoms with Crippen molar-refractivity contribution >= 4 is 21.6 Å². The molecule has 1 atom stereocenters. The summed E-state index contributed by atoms with van der Waals surface area (Å²) in [6.07, 6.45) is 0.633. The lowest BCUT2D eigenvalue weighted by Gasteiger charge is -2.18. The van der Waals surface area contributed by atoms with Gasteiger partial charge in [-0.2, -0.15) is 5.10 Å². The lowest BCUT2D eigenvalue weighted by Crippen LogP contribution is -2.23. The summed E-state index contributed by atoms with van der Waals surface area (Å²) in [5.41, 5.74) is 4.99. The zero-order chi connectivity index (χ0) is 21.5. The number of hydrogen-bond acceptors (Lipinski definition) is 4. The predicted octanol–water partition coefficient (Wildman–Crippen LogP) is 4.05. The summed E-state index contributed by atoms with van der Waals surface area (Å²) in [5, 5.41) is 7.60. The van der Waals surface area contributed by atoms with Gasteiger partial charge in [-0.25, -0.2) is 13.1 Å². The van der Waals surface area contributed by atoms with Crippen LogP contribution in [-0.2, 0) is 26.1 Å². The van der Waals surface area contributed by atoms with E-state index < -0.39 is 9.84 Å². The molecule has 0 radical (unpaired) electrons. The Morgan fingerprint density at radius 2 is 1.87 bits per heavy atom. The summed E-state index contributed by atoms with van der Waals surface area (Å²) in [6, 6.07) is 15.6. The molecule has 30 heavy (non-hydrogen) atoms. The number of nitrogens with one attached hydrogen (secondary N) is 1. The normalized spacial score (nSPS) is 15.6. The summed E-state index contributed by atoms with van der Waals surface area (Å²) >= 11 is 0. The van der Waals surface area contributed by atoms with Crippen molar-refractivity contribution in [3.8, 4) is 5.69 Å². The molecule has 0 spiro atoms. The molecule has 1 aliphatic rings. The average Bonchev–Trinajstić information content (AvgIpc) is 3.16. The van der Waals surface area contributed by atoms with Crippen LogP contribution in [0.3, 0.4) is 0 Å². The molecule has 0 aliphatic carbocycles. The van der Waals surface area contributed by atoms with E-state index in [9.17, 15) is 13.2 Å². The first kappa shape index (κ1) is 20.3. The van der Waals surface area contributed by atoms with Gasteiger partial charge < -0.3 is 5.32 Å². The summed E-state index contributed by atoms with van der Waals surface area (Å²) < 4.78 is 26.1. The molecular formula is C23H25N3O3S. The van der Waals surface area contributed by atoms with Crippen molar-refractivity contribution in [3.05, 3.63) is 76.5 Å². The van der Waals surface area contributed by atoms with Gasteiger partial charge in [-0.1, -0.05) is 55.0 Å². The Bertz CT molecular complexity index is 1210. The van der Waals surface area contributed by atoms with Crippen molar-refractivity contribution in [1.29, 1.82) is 0 Å². The highest BCUT2D eigenvalue weighted by Crippen LogP contribution is 2.34. The molecule has 7 heteroatoms. The summed E-state index contributed by atoms with van der Waals surface area (Å²) in [7, 11) is -3.24. The molecule has 1 amide bonds. The number of hydrogen-bond donors (Lipinski definition) is 1. The zero-order valence-corrected chi connectivity index (χ0v) is 18.2. The van der Waals surface area contributed by atoms with Gasteiger partial charge in [0.05, 0.1) is 28.8 Å². The number of benzene rings is 2. The Morgan fingerprint density at radius 3 is 2.53 bits per heavy atom. The number of aromatic nitrogens is 2. The molecule has 0 fully saturated rings. The SMILES string of the molecule is CC[C@@H](C(=O)Nc1c2c(nn1-c1ccc(C)cc1C)CS(=O)(=O)C2)c1ccccc1. The molecule has 0 saturated carbocycles. The Hall–Kier alpha value is -2.93. The maximum absolute atomic E-state index is 13.2. The second-order valence-electron chi connectivity index (χ2n) is 7.87. The highest BCUT2D eigenvalue weighted by molar-refractivity contribution is 7.90. The van der Waals surface area contributed by atoms with Crippen molar-refractivity contribution < 1.29 is 13.2 Å². The van der Waals surface area contributed by atoms with E-state index in [1.807, 2.05) is 69.3 Å². The topological polar surface area (TPSA) is 81.1 Å². The van der Waals surface area contributed by atoms with Gasteiger partial charge in [-0.15, -0.1) is 0 Å². The van der Waals surface area contributed by atoms with Crippen LogP contribution >= 0.6 is 0 Å². The monoisotopic (exact) mass is 423 g/mol. The Balaban J connectivity index is 1.77. The first-order valence-electron chi connectivity index (χ1n) is 10.0. The molecule has 3 aromatic rings. The second-order valence-corrected chi connectivity index (χ2v) is 9.93. The van der Waals surface area contributed by atoms with E-state index in [2.05, 4.69) is 10.4 Å². The van der Waals surface area contributed by atoms with E-state index in [4.69, 9.17) is 0 Å². The highest BCUT2D eigenvalue weighted by atomic mass is 32.2. The number of carbonyl (C=O) groups excluding carboxylic acids is 1. The third-order valence-corrected chi connectivity index (χ3v) is 6.98. The summed E-state index contributed by atoms with van der Waals surface area (Å²) in [5.74, 6) is -0.245. The number of sulfone groups is 1. The number of fused-ring (bicyclic) bond motifs is 1. The summed E-state index contributed by atoms with van der Waals surface area (Å²) in [6.45, 7) is 5.96. The van der Waals surface area contributed by atoms with Crippen LogP contribution in [-0.4, -0.2) is 24.1 Å². The minimum absolute atomic E-state index is 0.0982. The summed E-state index contributed by atoms with van der Waals surface area (Å²) in [4.78, 5) is 13.2. The van der Waals surface area contributed by atoms with Crippen molar-refractivity contribution in [2.75, 3.05) is 5.32 Å². The number of rotatable bonds is 5. The van der Waals surface area contributed by atoms with Gasteiger partial charge >= 0.3 is 0 Å². The first-order chi connectivity index (χ1) is 14.3. The van der Waals surface area contributed by atoms with E-state index >= 15 is 0 Å². The second kappa shape index (κ2) is 7.72. The Morgan fingerprint density at radius 1 is 1.13 bits per heavy atom. The molecule has 0 saturated heterocycles. The Labute approximate surface area is 176 Å². The van der Waals surface area contributed by atoms with Crippen molar-refractivity contribution in [2.45, 2.75) is 44.6 Å². The lowest BCUT2D eigenvalue weighted by atomic mass is 9.95. The van der Waals surface area contributed by atoms with Crippen molar-refractivity contribution in [1.82, 2.24) is 9.78 Å². The smallest absolute Gasteiger partial charge is 0.233 e. The minimum atomic E-state index is -3.24. The highest BCUT2D eigenvalue weighted by Gasteiger charge is 2.34. The maximum Gasteiger partial charge on any atom is 0.233 e. The van der Waals surface area contributed by atoms with Gasteiger partial charge in [0.2, 0.25) is 5.91 Å². The van der Waals surface area contributed by atoms with Gasteiger partial charge in [0.25, 0.3) is 0 Å². The van der Waals surface area contributed by atoms with Crippen molar-refractivity contribution in [3.63, 3.8) is 0 Å². The van der Waals surface area contributed by atoms with Gasteiger partial charge in [-0.3, -0.25) is 4.79 Å². The van der Waals surface area contributed by atoms with Crippen LogP contribution < -0.4 is 5.32 Å². The third kappa shape index (κ3) is 3.77. The molecular weight excluding hydrogens is 398 g/mol. The van der Waals surface area contributed by atoms with Crippen LogP contribution in [0.4, 0.5) is 5.82 Å². The molecule has 0 unspecified atom stereocenters. The molecule has 1 N–H and O–H groups in total. The Kier molecular flexibility index (Phi) is 5.24. The molecule has 2 heterocycles. The van der Waals surface area contributed by atoms with Gasteiger partial charge in [0.15, 0.2) is 9.84 Å². The maximum atomic E-state index is 13.2. The van der Waals surface area contributed by atoms with Gasteiger partial charge in [0.1, 0.15) is 5.82 Å². The fourth-order valence-corrected chi connectivity index (χ4v) is 5.54. The minimum Gasteiger partial charge on any atom is -0.310 e. The van der Waals surface area contributed by atoms with Crippen LogP contribution in [0.15, 0.2) is 48.5 Å². The van der Waals surface area contributed by atoms with Crippen LogP contribution in [0.25, 0.3) is 5.69 Å². The molecule has 2 aromatic carbocycles. The number of anilines is 1. The average molecular weight is 424 g/mol. The number of carbonyl (C=O) groups is 1. The van der Waals surface area contributed by atoms with Crippen LogP contribution in [0.5, 0.6) is 0 Å². The first-order valence-corrected chi connectivity index (χ1v) is 11.9. The number of aryl methyl sites for hydroxylation is 2. The molecule has 1 aromatic heterocycles. The lowest BCUT2D eigenvalue weighted by molar-refractivity contribution is -0.117. The zero-order valence-electron chi connectivity index (χ0n) is 17.3. The fourth-order valence-electron chi connectivity index (χ4n) is 4.05. The number of amides is 1.